The molecule has 0 aromatic carbocycles. The molecular formula is C18H20N2O5S2. The summed E-state index contributed by atoms with van der Waals surface area (Å²) >= 11 is 1.08. The first-order valence-corrected chi connectivity index (χ1v) is 11.1. The van der Waals surface area contributed by atoms with Crippen molar-refractivity contribution in [3.8, 4) is 5.88 Å². The van der Waals surface area contributed by atoms with Crippen LogP contribution in [0.5, 0.6) is 5.88 Å². The molecule has 2 bridgehead atoms. The molecule has 2 unspecified atom stereocenters. The fraction of sp³-hybridized carbons (Fsp3) is 0.444. The number of hydrogen-bond acceptors (Lipinski definition) is 7. The van der Waals surface area contributed by atoms with Crippen LogP contribution in [0, 0.1) is 0 Å². The van der Waals surface area contributed by atoms with E-state index in [2.05, 4.69) is 4.98 Å². The highest BCUT2D eigenvalue weighted by atomic mass is 32.2. The summed E-state index contributed by atoms with van der Waals surface area (Å²) in [5.41, 5.74) is 0. The van der Waals surface area contributed by atoms with Crippen LogP contribution < -0.4 is 4.74 Å². The third kappa shape index (κ3) is 3.35. The van der Waals surface area contributed by atoms with Crippen molar-refractivity contribution in [2.75, 3.05) is 7.11 Å². The van der Waals surface area contributed by atoms with Gasteiger partial charge in [-0.05, 0) is 30.4 Å². The maximum Gasteiger partial charge on any atom is 0.349 e. The highest BCUT2D eigenvalue weighted by Gasteiger charge is 2.49. The number of nitrogens with zero attached hydrogens (tertiary/aromatic N) is 2. The van der Waals surface area contributed by atoms with Gasteiger partial charge in [0.2, 0.25) is 15.9 Å². The second-order valence-electron chi connectivity index (χ2n) is 6.70. The van der Waals surface area contributed by atoms with Crippen LogP contribution in [0.15, 0.2) is 40.7 Å². The number of esters is 1. The molecule has 4 heterocycles. The summed E-state index contributed by atoms with van der Waals surface area (Å²) in [7, 11) is -2.51. The lowest BCUT2D eigenvalue weighted by Gasteiger charge is -2.37. The summed E-state index contributed by atoms with van der Waals surface area (Å²) in [5, 5.41) is 1.61. The van der Waals surface area contributed by atoms with Crippen LogP contribution in [0.4, 0.5) is 0 Å². The van der Waals surface area contributed by atoms with Crippen LogP contribution in [0.25, 0.3) is 0 Å². The number of thiophene rings is 1. The Morgan fingerprint density at radius 2 is 1.96 bits per heavy atom. The van der Waals surface area contributed by atoms with Crippen molar-refractivity contribution in [2.24, 2.45) is 0 Å². The molecule has 2 aromatic rings. The third-order valence-electron chi connectivity index (χ3n) is 5.10. The van der Waals surface area contributed by atoms with E-state index in [1.165, 1.54) is 13.2 Å². The zero-order chi connectivity index (χ0) is 19.0. The molecule has 2 saturated heterocycles. The number of methoxy groups -OCH3 is 1. The van der Waals surface area contributed by atoms with Gasteiger partial charge in [0.25, 0.3) is 0 Å². The lowest BCUT2D eigenvalue weighted by atomic mass is 10.0. The van der Waals surface area contributed by atoms with Gasteiger partial charge in [-0.3, -0.25) is 0 Å². The SMILES string of the molecule is COC(=O)c1sccc1S(=O)(=O)N1C2CCC1CC(Oc1ccccn1)C2. The maximum absolute atomic E-state index is 13.3. The Morgan fingerprint density at radius 1 is 1.22 bits per heavy atom. The van der Waals surface area contributed by atoms with Gasteiger partial charge in [0.05, 0.1) is 7.11 Å². The second kappa shape index (κ2) is 7.21. The Morgan fingerprint density at radius 3 is 2.59 bits per heavy atom. The van der Waals surface area contributed by atoms with E-state index in [9.17, 15) is 13.2 Å². The number of fused-ring (bicyclic) bond motifs is 2. The van der Waals surface area contributed by atoms with Crippen molar-refractivity contribution in [2.45, 2.75) is 48.8 Å². The van der Waals surface area contributed by atoms with Crippen LogP contribution in [0.1, 0.15) is 35.4 Å². The van der Waals surface area contributed by atoms with Crippen LogP contribution in [0.3, 0.4) is 0 Å². The minimum atomic E-state index is -3.76. The zero-order valence-corrected chi connectivity index (χ0v) is 16.4. The molecule has 0 saturated carbocycles. The number of carbonyl (C=O) groups excluding carboxylic acids is 1. The smallest absolute Gasteiger partial charge is 0.349 e. The molecule has 7 nitrogen and oxygen atoms in total. The summed E-state index contributed by atoms with van der Waals surface area (Å²) in [5.74, 6) is -0.0617. The number of rotatable bonds is 5. The molecule has 2 fully saturated rings. The van der Waals surface area contributed by atoms with Gasteiger partial charge >= 0.3 is 5.97 Å². The molecule has 0 spiro atoms. The predicted molar refractivity (Wildman–Crippen MR) is 99.4 cm³/mol. The van der Waals surface area contributed by atoms with Crippen LogP contribution in [0.2, 0.25) is 0 Å². The van der Waals surface area contributed by atoms with Crippen molar-refractivity contribution in [1.82, 2.24) is 9.29 Å². The molecule has 0 aliphatic carbocycles. The van der Waals surface area contributed by atoms with Gasteiger partial charge in [-0.2, -0.15) is 4.31 Å². The Hall–Kier alpha value is -1.97. The topological polar surface area (TPSA) is 85.8 Å². The standard InChI is InChI=1S/C18H20N2O5S2/c1-24-18(21)17-15(7-9-26-17)27(22,23)20-12-5-6-13(20)11-14(10-12)25-16-4-2-3-8-19-16/h2-4,7-9,12-14H,5-6,10-11H2,1H3. The normalized spacial score (nSPS) is 25.3. The van der Waals surface area contributed by atoms with Crippen LogP contribution >= 0.6 is 11.3 Å². The summed E-state index contributed by atoms with van der Waals surface area (Å²) in [6.07, 6.45) is 4.43. The van der Waals surface area contributed by atoms with E-state index in [-0.39, 0.29) is 28.0 Å². The number of hydrogen-bond donors (Lipinski definition) is 0. The molecule has 0 N–H and O–H groups in total. The number of piperidine rings is 1. The summed E-state index contributed by atoms with van der Waals surface area (Å²) in [6.45, 7) is 0. The Kier molecular flexibility index (Phi) is 4.92. The molecule has 2 aliphatic rings. The van der Waals surface area contributed by atoms with Crippen LogP contribution in [-0.2, 0) is 14.8 Å². The first-order valence-electron chi connectivity index (χ1n) is 8.77. The molecule has 2 aromatic heterocycles. The number of carbonyl (C=O) groups is 1. The molecule has 0 amide bonds. The molecule has 2 atom stereocenters. The first-order chi connectivity index (χ1) is 13.0. The average Bonchev–Trinajstić information content (AvgIpc) is 3.26. The van der Waals surface area contributed by atoms with Crippen molar-refractivity contribution < 1.29 is 22.7 Å². The minimum Gasteiger partial charge on any atom is -0.474 e. The van der Waals surface area contributed by atoms with E-state index in [1.807, 2.05) is 12.1 Å². The van der Waals surface area contributed by atoms with Gasteiger partial charge in [-0.1, -0.05) is 6.07 Å². The molecule has 2 aliphatic heterocycles. The van der Waals surface area contributed by atoms with Gasteiger partial charge in [0, 0.05) is 37.2 Å². The predicted octanol–water partition coefficient (Wildman–Crippen LogP) is 2.69. The zero-order valence-electron chi connectivity index (χ0n) is 14.8. The number of sulfonamides is 1. The molecule has 0 radical (unpaired) electrons. The van der Waals surface area contributed by atoms with Crippen molar-refractivity contribution in [3.63, 3.8) is 0 Å². The Bertz CT molecular complexity index is 914. The Labute approximate surface area is 162 Å². The lowest BCUT2D eigenvalue weighted by molar-refractivity contribution is 0.0601. The molecular weight excluding hydrogens is 388 g/mol. The first kappa shape index (κ1) is 18.4. The number of pyridine rings is 1. The molecule has 144 valence electrons. The third-order valence-corrected chi connectivity index (χ3v) is 8.17. The highest BCUT2D eigenvalue weighted by Crippen LogP contribution is 2.41. The number of ether oxygens (including phenoxy) is 2. The van der Waals surface area contributed by atoms with Crippen molar-refractivity contribution in [1.29, 1.82) is 0 Å². The van der Waals surface area contributed by atoms with E-state index in [4.69, 9.17) is 9.47 Å². The lowest BCUT2D eigenvalue weighted by Crippen LogP contribution is -2.49. The second-order valence-corrected chi connectivity index (χ2v) is 9.43. The van der Waals surface area contributed by atoms with Gasteiger partial charge in [0.15, 0.2) is 0 Å². The van der Waals surface area contributed by atoms with Crippen molar-refractivity contribution in [3.05, 3.63) is 40.7 Å². The summed E-state index contributed by atoms with van der Waals surface area (Å²) < 4.78 is 38.9. The fourth-order valence-electron chi connectivity index (χ4n) is 4.02. The van der Waals surface area contributed by atoms with Crippen LogP contribution in [-0.4, -0.2) is 49.0 Å². The van der Waals surface area contributed by atoms with E-state index in [0.29, 0.717) is 18.7 Å². The molecule has 4 rings (SSSR count). The van der Waals surface area contributed by atoms with Gasteiger partial charge < -0.3 is 9.47 Å². The minimum absolute atomic E-state index is 0.0420. The van der Waals surface area contributed by atoms with Gasteiger partial charge in [-0.25, -0.2) is 18.2 Å². The van der Waals surface area contributed by atoms with E-state index >= 15 is 0 Å². The van der Waals surface area contributed by atoms with Gasteiger partial charge in [0.1, 0.15) is 15.9 Å². The number of aromatic nitrogens is 1. The summed E-state index contributed by atoms with van der Waals surface area (Å²) in [4.78, 5) is 16.3. The Balaban J connectivity index is 1.56. The van der Waals surface area contributed by atoms with E-state index < -0.39 is 16.0 Å². The molecule has 9 heteroatoms. The monoisotopic (exact) mass is 408 g/mol. The van der Waals surface area contributed by atoms with Gasteiger partial charge in [-0.15, -0.1) is 11.3 Å². The van der Waals surface area contributed by atoms with E-state index in [0.717, 1.165) is 24.2 Å². The van der Waals surface area contributed by atoms with Crippen molar-refractivity contribution >= 4 is 27.3 Å². The average molecular weight is 409 g/mol. The maximum atomic E-state index is 13.3. The highest BCUT2D eigenvalue weighted by molar-refractivity contribution is 7.89. The van der Waals surface area contributed by atoms with E-state index in [1.54, 1.807) is 21.9 Å². The largest absolute Gasteiger partial charge is 0.474 e. The fourth-order valence-corrected chi connectivity index (χ4v) is 7.22. The summed E-state index contributed by atoms with van der Waals surface area (Å²) in [6, 6.07) is 6.72. The quantitative estimate of drug-likeness (QED) is 0.707. The molecule has 27 heavy (non-hydrogen) atoms.